The maximum atomic E-state index is 11.3. The van der Waals surface area contributed by atoms with Crippen molar-refractivity contribution in [3.63, 3.8) is 0 Å². The molecule has 2 heterocycles. The van der Waals surface area contributed by atoms with E-state index in [4.69, 9.17) is 15.2 Å². The first-order valence-corrected chi connectivity index (χ1v) is 12.5. The van der Waals surface area contributed by atoms with Crippen LogP contribution >= 0.6 is 0 Å². The van der Waals surface area contributed by atoms with Crippen LogP contribution in [0.1, 0.15) is 24.0 Å². The topological polar surface area (TPSA) is 91.5 Å². The first-order chi connectivity index (χ1) is 17.0. The van der Waals surface area contributed by atoms with E-state index in [0.29, 0.717) is 18.9 Å². The lowest BCUT2D eigenvalue weighted by molar-refractivity contribution is -0.119. The smallest absolute Gasteiger partial charge is 0.255 e. The molecule has 2 aliphatic rings. The monoisotopic (exact) mass is 482 g/mol. The summed E-state index contributed by atoms with van der Waals surface area (Å²) in [5.74, 6) is 0.880. The summed E-state index contributed by atoms with van der Waals surface area (Å²) < 4.78 is 11.8. The Morgan fingerprint density at radius 1 is 1.00 bits per heavy atom. The zero-order chi connectivity index (χ0) is 24.6. The van der Waals surface area contributed by atoms with Crippen molar-refractivity contribution in [1.29, 1.82) is 0 Å². The number of likely N-dealkylation sites (N-methyl/N-ethyl adjacent to an activating group) is 1. The Balaban J connectivity index is 1.42. The standard InChI is InChI=1S/C27H38N4O4/c1-29-13-15-31(16-14-29)24-9-11-30(12-10-25(24)32)18-22-17-23(7-8-26(22)35-20-27(28)33)34-19-21-5-3-2-4-6-21/h2-8,17,24-25,32H,9-16,18-20H2,1H3,(H2,28,33)/t24-,25-/m0/s1. The van der Waals surface area contributed by atoms with Crippen LogP contribution in [-0.2, 0) is 17.9 Å². The molecule has 0 spiro atoms. The van der Waals surface area contributed by atoms with Crippen LogP contribution in [0.25, 0.3) is 0 Å². The molecule has 2 aliphatic heterocycles. The first-order valence-electron chi connectivity index (χ1n) is 12.5. The van der Waals surface area contributed by atoms with Gasteiger partial charge in [-0.15, -0.1) is 0 Å². The fourth-order valence-corrected chi connectivity index (χ4v) is 4.90. The molecular formula is C27H38N4O4. The van der Waals surface area contributed by atoms with E-state index in [1.165, 1.54) is 0 Å². The lowest BCUT2D eigenvalue weighted by Crippen LogP contribution is -2.52. The highest BCUT2D eigenvalue weighted by Gasteiger charge is 2.31. The average Bonchev–Trinajstić information content (AvgIpc) is 3.04. The molecule has 0 unspecified atom stereocenters. The van der Waals surface area contributed by atoms with Gasteiger partial charge >= 0.3 is 0 Å². The molecule has 0 saturated carbocycles. The van der Waals surface area contributed by atoms with Crippen molar-refractivity contribution in [3.05, 3.63) is 59.7 Å². The van der Waals surface area contributed by atoms with E-state index in [1.54, 1.807) is 0 Å². The summed E-state index contributed by atoms with van der Waals surface area (Å²) in [6, 6.07) is 15.9. The predicted molar refractivity (Wildman–Crippen MR) is 135 cm³/mol. The molecule has 0 bridgehead atoms. The maximum absolute atomic E-state index is 11.3. The van der Waals surface area contributed by atoms with E-state index in [0.717, 1.165) is 69.0 Å². The van der Waals surface area contributed by atoms with Crippen LogP contribution in [0.4, 0.5) is 0 Å². The third-order valence-corrected chi connectivity index (χ3v) is 6.98. The maximum Gasteiger partial charge on any atom is 0.255 e. The fourth-order valence-electron chi connectivity index (χ4n) is 4.90. The number of primary amides is 1. The minimum Gasteiger partial charge on any atom is -0.489 e. The SMILES string of the molecule is CN1CCN([C@H]2CCN(Cc3cc(OCc4ccccc4)ccc3OCC(N)=O)CC[C@@H]2O)CC1. The van der Waals surface area contributed by atoms with Gasteiger partial charge in [-0.05, 0) is 43.7 Å². The molecule has 3 N–H and O–H groups in total. The molecule has 0 aliphatic carbocycles. The molecule has 8 nitrogen and oxygen atoms in total. The normalized spacial score (nSPS) is 22.5. The summed E-state index contributed by atoms with van der Waals surface area (Å²) in [6.45, 7) is 6.75. The Morgan fingerprint density at radius 3 is 2.49 bits per heavy atom. The van der Waals surface area contributed by atoms with Crippen LogP contribution < -0.4 is 15.2 Å². The number of amides is 1. The second kappa shape index (κ2) is 12.4. The number of likely N-dealkylation sites (tertiary alicyclic amines) is 1. The van der Waals surface area contributed by atoms with Gasteiger partial charge in [-0.25, -0.2) is 0 Å². The van der Waals surface area contributed by atoms with Gasteiger partial charge in [0.15, 0.2) is 6.61 Å². The van der Waals surface area contributed by atoms with Crippen LogP contribution in [0.15, 0.2) is 48.5 Å². The number of rotatable bonds is 9. The first kappa shape index (κ1) is 25.4. The third kappa shape index (κ3) is 7.41. The van der Waals surface area contributed by atoms with Crippen molar-refractivity contribution in [1.82, 2.24) is 14.7 Å². The van der Waals surface area contributed by atoms with Gasteiger partial charge in [0.1, 0.15) is 18.1 Å². The van der Waals surface area contributed by atoms with Crippen molar-refractivity contribution in [2.45, 2.75) is 38.1 Å². The summed E-state index contributed by atoms with van der Waals surface area (Å²) in [7, 11) is 2.15. The molecule has 8 heteroatoms. The summed E-state index contributed by atoms with van der Waals surface area (Å²) in [4.78, 5) is 18.5. The van der Waals surface area contributed by atoms with Crippen LogP contribution in [0.5, 0.6) is 11.5 Å². The highest BCUT2D eigenvalue weighted by molar-refractivity contribution is 5.75. The van der Waals surface area contributed by atoms with Crippen LogP contribution in [0.2, 0.25) is 0 Å². The van der Waals surface area contributed by atoms with Gasteiger partial charge in [0.2, 0.25) is 0 Å². The Bertz CT molecular complexity index is 949. The van der Waals surface area contributed by atoms with Crippen molar-refractivity contribution < 1.29 is 19.4 Å². The van der Waals surface area contributed by atoms with E-state index in [2.05, 4.69) is 21.7 Å². The summed E-state index contributed by atoms with van der Waals surface area (Å²) >= 11 is 0. The van der Waals surface area contributed by atoms with Crippen molar-refractivity contribution in [2.75, 3.05) is 52.9 Å². The van der Waals surface area contributed by atoms with Crippen LogP contribution in [0, 0.1) is 0 Å². The van der Waals surface area contributed by atoms with Crippen LogP contribution in [-0.4, -0.2) is 90.8 Å². The van der Waals surface area contributed by atoms with Gasteiger partial charge in [-0.3, -0.25) is 14.6 Å². The Morgan fingerprint density at radius 2 is 1.74 bits per heavy atom. The van der Waals surface area contributed by atoms with Crippen molar-refractivity contribution in [3.8, 4) is 11.5 Å². The molecule has 4 rings (SSSR count). The van der Waals surface area contributed by atoms with E-state index >= 15 is 0 Å². The second-order valence-corrected chi connectivity index (χ2v) is 9.63. The third-order valence-electron chi connectivity index (χ3n) is 6.98. The Hall–Kier alpha value is -2.65. The van der Waals surface area contributed by atoms with Gasteiger partial charge < -0.3 is 25.2 Å². The molecule has 2 aromatic carbocycles. The number of nitrogens with two attached hydrogens (primary N) is 1. The van der Waals surface area contributed by atoms with E-state index in [9.17, 15) is 9.90 Å². The number of aliphatic hydroxyl groups is 1. The zero-order valence-electron chi connectivity index (χ0n) is 20.6. The lowest BCUT2D eigenvalue weighted by atomic mass is 10.0. The average molecular weight is 483 g/mol. The molecular weight excluding hydrogens is 444 g/mol. The molecule has 2 saturated heterocycles. The molecule has 35 heavy (non-hydrogen) atoms. The van der Waals surface area contributed by atoms with Gasteiger partial charge in [0, 0.05) is 57.4 Å². The largest absolute Gasteiger partial charge is 0.489 e. The summed E-state index contributed by atoms with van der Waals surface area (Å²) in [6.07, 6.45) is 1.33. The Kier molecular flexibility index (Phi) is 8.98. The molecule has 2 fully saturated rings. The number of piperazine rings is 1. The number of ether oxygens (including phenoxy) is 2. The van der Waals surface area contributed by atoms with Gasteiger partial charge in [-0.1, -0.05) is 30.3 Å². The predicted octanol–water partition coefficient (Wildman–Crippen LogP) is 1.70. The van der Waals surface area contributed by atoms with Crippen molar-refractivity contribution in [2.24, 2.45) is 5.73 Å². The minimum atomic E-state index is -0.506. The zero-order valence-corrected chi connectivity index (χ0v) is 20.6. The summed E-state index contributed by atoms with van der Waals surface area (Å²) in [5.41, 5.74) is 7.36. The van der Waals surface area contributed by atoms with Crippen LogP contribution in [0.3, 0.4) is 0 Å². The van der Waals surface area contributed by atoms with E-state index in [-0.39, 0.29) is 18.8 Å². The molecule has 2 aromatic rings. The number of benzene rings is 2. The van der Waals surface area contributed by atoms with Crippen molar-refractivity contribution >= 4 is 5.91 Å². The Labute approximate surface area is 208 Å². The summed E-state index contributed by atoms with van der Waals surface area (Å²) in [5, 5.41) is 10.9. The molecule has 1 amide bonds. The van der Waals surface area contributed by atoms with Gasteiger partial charge in [-0.2, -0.15) is 0 Å². The van der Waals surface area contributed by atoms with E-state index in [1.807, 2.05) is 48.5 Å². The molecule has 2 atom stereocenters. The van der Waals surface area contributed by atoms with E-state index < -0.39 is 5.91 Å². The molecule has 0 radical (unpaired) electrons. The number of carbonyl (C=O) groups excluding carboxylic acids is 1. The molecule has 190 valence electrons. The highest BCUT2D eigenvalue weighted by atomic mass is 16.5. The van der Waals surface area contributed by atoms with Gasteiger partial charge in [0.05, 0.1) is 6.10 Å². The molecule has 0 aromatic heterocycles. The number of hydrogen-bond donors (Lipinski definition) is 2. The fraction of sp³-hybridized carbons (Fsp3) is 0.519. The minimum absolute atomic E-state index is 0.165. The highest BCUT2D eigenvalue weighted by Crippen LogP contribution is 2.28. The second-order valence-electron chi connectivity index (χ2n) is 9.63. The lowest BCUT2D eigenvalue weighted by Gasteiger charge is -2.39. The van der Waals surface area contributed by atoms with Gasteiger partial charge in [0.25, 0.3) is 5.91 Å². The number of nitrogens with zero attached hydrogens (tertiary/aromatic N) is 3. The number of aliphatic hydroxyl groups excluding tert-OH is 1. The number of carbonyl (C=O) groups is 1. The number of hydrogen-bond acceptors (Lipinski definition) is 7. The quantitative estimate of drug-likeness (QED) is 0.562.